The molecule has 2 amide bonds. The average molecular weight is 382 g/mol. The van der Waals surface area contributed by atoms with Gasteiger partial charge in [-0.25, -0.2) is 4.79 Å². The van der Waals surface area contributed by atoms with E-state index in [0.29, 0.717) is 38.3 Å². The van der Waals surface area contributed by atoms with Crippen molar-refractivity contribution in [3.8, 4) is 0 Å². The second-order valence-electron chi connectivity index (χ2n) is 8.04. The largest absolute Gasteiger partial charge is 0.342 e. The first-order chi connectivity index (χ1) is 13.5. The first kappa shape index (κ1) is 18.5. The molecular weight excluding hydrogens is 356 g/mol. The van der Waals surface area contributed by atoms with E-state index in [4.69, 9.17) is 0 Å². The predicted molar refractivity (Wildman–Crippen MR) is 105 cm³/mol. The van der Waals surface area contributed by atoms with Crippen molar-refractivity contribution in [2.45, 2.75) is 32.1 Å². The van der Waals surface area contributed by atoms with Crippen molar-refractivity contribution >= 4 is 11.8 Å². The first-order valence-electron chi connectivity index (χ1n) is 9.93. The monoisotopic (exact) mass is 382 g/mol. The smallest absolute Gasteiger partial charge is 0.323 e. The summed E-state index contributed by atoms with van der Waals surface area (Å²) in [5, 5.41) is 0. The van der Waals surface area contributed by atoms with Gasteiger partial charge in [-0.05, 0) is 31.2 Å². The molecule has 7 nitrogen and oxygen atoms in total. The lowest BCUT2D eigenvalue weighted by Gasteiger charge is -2.48. The second kappa shape index (κ2) is 7.66. The first-order valence-corrected chi connectivity index (χ1v) is 9.93. The van der Waals surface area contributed by atoms with Crippen LogP contribution in [0.3, 0.4) is 0 Å². The third kappa shape index (κ3) is 3.88. The number of likely N-dealkylation sites (tertiary alicyclic amines) is 2. The van der Waals surface area contributed by atoms with Crippen molar-refractivity contribution < 1.29 is 9.59 Å². The highest BCUT2D eigenvalue weighted by Gasteiger charge is 2.42. The van der Waals surface area contributed by atoms with E-state index in [2.05, 4.69) is 22.1 Å². The van der Waals surface area contributed by atoms with E-state index >= 15 is 0 Å². The Bertz CT molecular complexity index is 904. The van der Waals surface area contributed by atoms with Crippen LogP contribution >= 0.6 is 0 Å². The van der Waals surface area contributed by atoms with E-state index in [-0.39, 0.29) is 22.9 Å². The molecule has 0 aliphatic carbocycles. The van der Waals surface area contributed by atoms with Crippen LogP contribution in [-0.2, 0) is 11.2 Å². The summed E-state index contributed by atoms with van der Waals surface area (Å²) in [5.74, 6) is 0.0603. The second-order valence-corrected chi connectivity index (χ2v) is 8.04. The molecule has 1 aromatic carbocycles. The number of nitrogens with one attached hydrogen (secondary N) is 2. The molecule has 2 N–H and O–H groups in total. The van der Waals surface area contributed by atoms with E-state index in [9.17, 15) is 14.4 Å². The highest BCUT2D eigenvalue weighted by Crippen LogP contribution is 2.39. The molecule has 1 atom stereocenters. The maximum atomic E-state index is 12.8. The Labute approximate surface area is 163 Å². The van der Waals surface area contributed by atoms with Crippen molar-refractivity contribution in [2.24, 2.45) is 5.41 Å². The van der Waals surface area contributed by atoms with Crippen LogP contribution in [0, 0.1) is 5.41 Å². The summed E-state index contributed by atoms with van der Waals surface area (Å²) >= 11 is 0. The summed E-state index contributed by atoms with van der Waals surface area (Å²) < 4.78 is 0. The van der Waals surface area contributed by atoms with Gasteiger partial charge < -0.3 is 19.8 Å². The Morgan fingerprint density at radius 3 is 2.68 bits per heavy atom. The van der Waals surface area contributed by atoms with Crippen LogP contribution in [0.25, 0.3) is 0 Å². The van der Waals surface area contributed by atoms with E-state index in [0.717, 1.165) is 25.7 Å². The summed E-state index contributed by atoms with van der Waals surface area (Å²) in [6.07, 6.45) is 5.58. The number of piperidine rings is 2. The van der Waals surface area contributed by atoms with Gasteiger partial charge in [0.25, 0.3) is 5.91 Å². The van der Waals surface area contributed by atoms with Gasteiger partial charge in [-0.3, -0.25) is 9.59 Å². The molecule has 3 heterocycles. The van der Waals surface area contributed by atoms with Crippen LogP contribution in [0.5, 0.6) is 0 Å². The summed E-state index contributed by atoms with van der Waals surface area (Å²) in [5.41, 5.74) is 1.11. The lowest BCUT2D eigenvalue weighted by molar-refractivity contribution is -0.138. The lowest BCUT2D eigenvalue weighted by Crippen LogP contribution is -2.55. The zero-order chi connectivity index (χ0) is 19.6. The fourth-order valence-corrected chi connectivity index (χ4v) is 4.55. The van der Waals surface area contributed by atoms with E-state index < -0.39 is 0 Å². The van der Waals surface area contributed by atoms with Gasteiger partial charge in [0.05, 0.1) is 0 Å². The number of hydrogen-bond acceptors (Lipinski definition) is 3. The van der Waals surface area contributed by atoms with E-state index in [1.807, 2.05) is 28.0 Å². The predicted octanol–water partition coefficient (Wildman–Crippen LogP) is 1.79. The summed E-state index contributed by atoms with van der Waals surface area (Å²) in [4.78, 5) is 45.4. The molecule has 0 radical (unpaired) electrons. The van der Waals surface area contributed by atoms with Gasteiger partial charge in [-0.1, -0.05) is 30.3 Å². The summed E-state index contributed by atoms with van der Waals surface area (Å²) in [6, 6.07) is 10.2. The minimum Gasteiger partial charge on any atom is -0.342 e. The molecule has 2 saturated heterocycles. The maximum Gasteiger partial charge on any atom is 0.323 e. The molecule has 2 fully saturated rings. The Kier molecular flexibility index (Phi) is 5.07. The molecule has 2 aliphatic heterocycles. The van der Waals surface area contributed by atoms with Gasteiger partial charge in [0, 0.05) is 44.2 Å². The molecule has 148 valence electrons. The van der Waals surface area contributed by atoms with Crippen LogP contribution in [0.2, 0.25) is 0 Å². The zero-order valence-corrected chi connectivity index (χ0v) is 15.9. The molecule has 28 heavy (non-hydrogen) atoms. The van der Waals surface area contributed by atoms with Crippen molar-refractivity contribution in [2.75, 3.05) is 26.2 Å². The van der Waals surface area contributed by atoms with Crippen LogP contribution in [-0.4, -0.2) is 57.8 Å². The van der Waals surface area contributed by atoms with E-state index in [1.165, 1.54) is 11.8 Å². The Morgan fingerprint density at radius 1 is 1.11 bits per heavy atom. The Hall–Kier alpha value is -2.83. The van der Waals surface area contributed by atoms with Crippen LogP contribution in [0.15, 0.2) is 41.3 Å². The molecule has 2 aromatic rings. The molecule has 1 aromatic heterocycles. The van der Waals surface area contributed by atoms with Gasteiger partial charge in [-0.2, -0.15) is 0 Å². The van der Waals surface area contributed by atoms with Crippen LogP contribution in [0.4, 0.5) is 0 Å². The number of amides is 2. The summed E-state index contributed by atoms with van der Waals surface area (Å²) in [7, 11) is 0. The lowest BCUT2D eigenvalue weighted by atomic mass is 9.73. The fraction of sp³-hybridized carbons (Fsp3) is 0.476. The van der Waals surface area contributed by atoms with Gasteiger partial charge >= 0.3 is 5.69 Å². The molecule has 4 rings (SSSR count). The van der Waals surface area contributed by atoms with Gasteiger partial charge in [0.1, 0.15) is 5.69 Å². The summed E-state index contributed by atoms with van der Waals surface area (Å²) in [6.45, 7) is 2.73. The highest BCUT2D eigenvalue weighted by molar-refractivity contribution is 5.92. The number of aromatic nitrogens is 2. The topological polar surface area (TPSA) is 89.3 Å². The van der Waals surface area contributed by atoms with Crippen molar-refractivity contribution in [3.05, 3.63) is 58.3 Å². The van der Waals surface area contributed by atoms with E-state index in [1.54, 1.807) is 0 Å². The number of aromatic amines is 2. The highest BCUT2D eigenvalue weighted by atomic mass is 16.2. The number of hydrogen-bond donors (Lipinski definition) is 2. The van der Waals surface area contributed by atoms with Crippen molar-refractivity contribution in [1.29, 1.82) is 0 Å². The number of H-pyrrole nitrogens is 2. The van der Waals surface area contributed by atoms with Crippen LogP contribution < -0.4 is 5.69 Å². The Morgan fingerprint density at radius 2 is 1.93 bits per heavy atom. The SMILES string of the molecule is O=C1CC[C@]2(CCCN(C(=O)c3c[nH]c(=O)[nH]3)C2)CN1CCc1ccccc1. The zero-order valence-electron chi connectivity index (χ0n) is 15.9. The molecule has 1 spiro atoms. The Balaban J connectivity index is 1.43. The molecule has 0 unspecified atom stereocenters. The van der Waals surface area contributed by atoms with Crippen LogP contribution in [0.1, 0.15) is 41.7 Å². The number of rotatable bonds is 4. The number of imidazole rings is 1. The fourth-order valence-electron chi connectivity index (χ4n) is 4.55. The molecular formula is C21H26N4O3. The quantitative estimate of drug-likeness (QED) is 0.845. The molecule has 7 heteroatoms. The van der Waals surface area contributed by atoms with Gasteiger partial charge in [0.2, 0.25) is 5.91 Å². The number of carbonyl (C=O) groups is 2. The number of nitrogens with zero attached hydrogens (tertiary/aromatic N) is 2. The minimum atomic E-state index is -0.370. The van der Waals surface area contributed by atoms with Crippen molar-refractivity contribution in [1.82, 2.24) is 19.8 Å². The number of carbonyl (C=O) groups excluding carboxylic acids is 2. The maximum absolute atomic E-state index is 12.8. The minimum absolute atomic E-state index is 0.0465. The third-order valence-electron chi connectivity index (χ3n) is 6.04. The molecule has 0 bridgehead atoms. The standard InChI is InChI=1S/C21H26N4O3/c26-18-7-10-21(14-24(18)12-8-16-5-2-1-3-6-16)9-4-11-25(15-21)19(27)17-13-22-20(28)23-17/h1-3,5-6,13H,4,7-12,14-15H2,(H2,22,23,28)/t21-/m1/s1. The average Bonchev–Trinajstić information content (AvgIpc) is 3.15. The van der Waals surface area contributed by atoms with Crippen molar-refractivity contribution in [3.63, 3.8) is 0 Å². The molecule has 2 aliphatic rings. The third-order valence-corrected chi connectivity index (χ3v) is 6.04. The number of benzene rings is 1. The van der Waals surface area contributed by atoms with Gasteiger partial charge in [0.15, 0.2) is 0 Å². The normalized spacial score (nSPS) is 22.6. The molecule has 0 saturated carbocycles. The van der Waals surface area contributed by atoms with Gasteiger partial charge in [-0.15, -0.1) is 0 Å².